The van der Waals surface area contributed by atoms with E-state index < -0.39 is 0 Å². The fraction of sp³-hybridized carbons (Fsp3) is 0.300. The molecule has 0 spiro atoms. The van der Waals surface area contributed by atoms with Crippen LogP contribution < -0.4 is 20.3 Å². The molecule has 10 heteroatoms. The first-order chi connectivity index (χ1) is 19.5. The molecule has 0 aliphatic carbocycles. The molecule has 2 heterocycles. The molecule has 5 rings (SSSR count). The number of methoxy groups -OCH3 is 1. The van der Waals surface area contributed by atoms with Crippen LogP contribution in [0.2, 0.25) is 0 Å². The van der Waals surface area contributed by atoms with E-state index in [0.29, 0.717) is 75.0 Å². The van der Waals surface area contributed by atoms with Crippen molar-refractivity contribution in [2.45, 2.75) is 0 Å². The van der Waals surface area contributed by atoms with Gasteiger partial charge in [0.15, 0.2) is 0 Å². The number of hydrogen-bond donors (Lipinski definition) is 2. The molecule has 3 aromatic rings. The van der Waals surface area contributed by atoms with Gasteiger partial charge in [0.1, 0.15) is 5.75 Å². The van der Waals surface area contributed by atoms with Gasteiger partial charge in [0.25, 0.3) is 11.8 Å². The molecule has 208 valence electrons. The van der Waals surface area contributed by atoms with Gasteiger partial charge in [-0.2, -0.15) is 0 Å². The number of ether oxygens (including phenoxy) is 2. The zero-order valence-electron chi connectivity index (χ0n) is 22.5. The maximum absolute atomic E-state index is 13.6. The normalized spacial score (nSPS) is 15.4. The van der Waals surface area contributed by atoms with Crippen LogP contribution in [0.1, 0.15) is 20.7 Å². The summed E-state index contributed by atoms with van der Waals surface area (Å²) in [6, 6.07) is 21.4. The highest BCUT2D eigenvalue weighted by atomic mass is 16.5. The lowest BCUT2D eigenvalue weighted by atomic mass is 10.1. The number of urea groups is 1. The van der Waals surface area contributed by atoms with Crippen molar-refractivity contribution in [3.63, 3.8) is 0 Å². The fourth-order valence-electron chi connectivity index (χ4n) is 4.82. The van der Waals surface area contributed by atoms with Crippen molar-refractivity contribution in [2.75, 3.05) is 75.1 Å². The Morgan fingerprint density at radius 1 is 0.750 bits per heavy atom. The van der Waals surface area contributed by atoms with Crippen LogP contribution >= 0.6 is 0 Å². The lowest BCUT2D eigenvalue weighted by Gasteiger charge is -2.37. The molecule has 0 saturated carbocycles. The molecule has 0 aromatic heterocycles. The molecule has 2 aliphatic heterocycles. The molecular weight excluding hydrogens is 510 g/mol. The Hall–Kier alpha value is -4.57. The van der Waals surface area contributed by atoms with E-state index in [4.69, 9.17) is 9.47 Å². The van der Waals surface area contributed by atoms with Gasteiger partial charge in [0.2, 0.25) is 0 Å². The minimum Gasteiger partial charge on any atom is -0.497 e. The molecule has 4 amide bonds. The molecule has 10 nitrogen and oxygen atoms in total. The highest BCUT2D eigenvalue weighted by Crippen LogP contribution is 2.28. The van der Waals surface area contributed by atoms with Crippen LogP contribution in [0.15, 0.2) is 72.8 Å². The maximum Gasteiger partial charge on any atom is 0.321 e. The number of benzene rings is 3. The van der Waals surface area contributed by atoms with Crippen LogP contribution in [0.25, 0.3) is 0 Å². The van der Waals surface area contributed by atoms with Crippen LogP contribution in [0, 0.1) is 0 Å². The van der Waals surface area contributed by atoms with Crippen molar-refractivity contribution in [2.24, 2.45) is 0 Å². The van der Waals surface area contributed by atoms with Crippen molar-refractivity contribution in [3.8, 4) is 5.75 Å². The van der Waals surface area contributed by atoms with Crippen molar-refractivity contribution < 1.29 is 23.9 Å². The van der Waals surface area contributed by atoms with Crippen molar-refractivity contribution in [1.82, 2.24) is 9.80 Å². The summed E-state index contributed by atoms with van der Waals surface area (Å²) in [5, 5.41) is 5.85. The van der Waals surface area contributed by atoms with Crippen molar-refractivity contribution >= 4 is 34.9 Å². The molecule has 0 unspecified atom stereocenters. The van der Waals surface area contributed by atoms with Gasteiger partial charge < -0.3 is 34.8 Å². The molecule has 2 saturated heterocycles. The number of rotatable bonds is 6. The first-order valence-corrected chi connectivity index (χ1v) is 13.3. The second-order valence-electron chi connectivity index (χ2n) is 9.59. The molecule has 3 aromatic carbocycles. The van der Waals surface area contributed by atoms with Crippen molar-refractivity contribution in [1.29, 1.82) is 0 Å². The van der Waals surface area contributed by atoms with E-state index in [1.165, 1.54) is 0 Å². The smallest absolute Gasteiger partial charge is 0.321 e. The van der Waals surface area contributed by atoms with E-state index in [-0.39, 0.29) is 17.8 Å². The molecular formula is C30H33N5O5. The predicted octanol–water partition coefficient (Wildman–Crippen LogP) is 3.77. The summed E-state index contributed by atoms with van der Waals surface area (Å²) in [6.07, 6.45) is 0. The lowest BCUT2D eigenvalue weighted by Crippen LogP contribution is -2.50. The number of nitrogens with one attached hydrogen (secondary N) is 2. The number of piperazine rings is 1. The standard InChI is InChI=1S/C30H33N5O5/c1-39-25-10-7-23(8-11-25)32-30(38)35-15-13-33(14-16-35)27-12-9-24(31-28(36)22-5-3-2-4-6-22)21-26(27)29(37)34-17-19-40-20-18-34/h2-12,21H,13-20H2,1H3,(H,31,36)(H,32,38). The fourth-order valence-corrected chi connectivity index (χ4v) is 4.82. The van der Waals surface area contributed by atoms with Crippen molar-refractivity contribution in [3.05, 3.63) is 83.9 Å². The van der Waals surface area contributed by atoms with Gasteiger partial charge in [-0.15, -0.1) is 0 Å². The third-order valence-electron chi connectivity index (χ3n) is 7.07. The van der Waals surface area contributed by atoms with Gasteiger partial charge in [0.05, 0.1) is 25.9 Å². The highest BCUT2D eigenvalue weighted by Gasteiger charge is 2.27. The zero-order valence-corrected chi connectivity index (χ0v) is 22.5. The molecule has 40 heavy (non-hydrogen) atoms. The van der Waals surface area contributed by atoms with Crippen LogP contribution in [0.3, 0.4) is 0 Å². The average molecular weight is 544 g/mol. The Balaban J connectivity index is 1.30. The summed E-state index contributed by atoms with van der Waals surface area (Å²) in [5.74, 6) is 0.378. The molecule has 2 aliphatic rings. The van der Waals surface area contributed by atoms with E-state index in [9.17, 15) is 14.4 Å². The number of anilines is 3. The average Bonchev–Trinajstić information content (AvgIpc) is 3.02. The third-order valence-corrected chi connectivity index (χ3v) is 7.07. The van der Waals surface area contributed by atoms with E-state index >= 15 is 0 Å². The molecule has 0 bridgehead atoms. The van der Waals surface area contributed by atoms with E-state index in [1.54, 1.807) is 59.4 Å². The molecule has 2 N–H and O–H groups in total. The Bertz CT molecular complexity index is 1330. The number of carbonyl (C=O) groups is 3. The van der Waals surface area contributed by atoms with E-state index in [0.717, 1.165) is 11.4 Å². The minimum absolute atomic E-state index is 0.103. The van der Waals surface area contributed by atoms with Gasteiger partial charge in [-0.25, -0.2) is 4.79 Å². The van der Waals surface area contributed by atoms with Gasteiger partial charge in [0, 0.05) is 61.9 Å². The number of hydrogen-bond acceptors (Lipinski definition) is 6. The summed E-state index contributed by atoms with van der Waals surface area (Å²) < 4.78 is 10.6. The Labute approximate surface area is 233 Å². The molecule has 2 fully saturated rings. The first kappa shape index (κ1) is 27.0. The van der Waals surface area contributed by atoms with Gasteiger partial charge in [-0.1, -0.05) is 18.2 Å². The van der Waals surface area contributed by atoms with E-state index in [1.807, 2.05) is 30.3 Å². The Morgan fingerprint density at radius 2 is 1.43 bits per heavy atom. The largest absolute Gasteiger partial charge is 0.497 e. The summed E-state index contributed by atoms with van der Waals surface area (Å²) in [5.41, 5.74) is 3.08. The third kappa shape index (κ3) is 6.35. The Morgan fingerprint density at radius 3 is 2.10 bits per heavy atom. The number of morpholine rings is 1. The number of nitrogens with zero attached hydrogens (tertiary/aromatic N) is 3. The summed E-state index contributed by atoms with van der Waals surface area (Å²) in [4.78, 5) is 44.9. The van der Waals surface area contributed by atoms with Crippen LogP contribution in [0.4, 0.5) is 21.9 Å². The Kier molecular flexibility index (Phi) is 8.46. The number of carbonyl (C=O) groups excluding carboxylic acids is 3. The maximum atomic E-state index is 13.6. The topological polar surface area (TPSA) is 103 Å². The summed E-state index contributed by atoms with van der Waals surface area (Å²) >= 11 is 0. The number of amides is 4. The zero-order chi connectivity index (χ0) is 27.9. The second kappa shape index (κ2) is 12.5. The SMILES string of the molecule is COc1ccc(NC(=O)N2CCN(c3ccc(NC(=O)c4ccccc4)cc3C(=O)N3CCOCC3)CC2)cc1. The summed E-state index contributed by atoms with van der Waals surface area (Å²) in [7, 11) is 1.60. The van der Waals surface area contributed by atoms with Crippen LogP contribution in [0.5, 0.6) is 5.75 Å². The summed E-state index contributed by atoms with van der Waals surface area (Å²) in [6.45, 7) is 4.14. The molecule has 0 radical (unpaired) electrons. The highest BCUT2D eigenvalue weighted by molar-refractivity contribution is 6.06. The second-order valence-corrected chi connectivity index (χ2v) is 9.59. The van der Waals surface area contributed by atoms with Gasteiger partial charge in [-0.05, 0) is 54.6 Å². The van der Waals surface area contributed by atoms with Gasteiger partial charge >= 0.3 is 6.03 Å². The van der Waals surface area contributed by atoms with Gasteiger partial charge in [-0.3, -0.25) is 9.59 Å². The lowest BCUT2D eigenvalue weighted by molar-refractivity contribution is 0.0303. The first-order valence-electron chi connectivity index (χ1n) is 13.3. The monoisotopic (exact) mass is 543 g/mol. The predicted molar refractivity (Wildman–Crippen MR) is 153 cm³/mol. The quantitative estimate of drug-likeness (QED) is 0.491. The van der Waals surface area contributed by atoms with Crippen LogP contribution in [-0.4, -0.2) is 87.2 Å². The minimum atomic E-state index is -0.241. The molecule has 0 atom stereocenters. The van der Waals surface area contributed by atoms with Crippen LogP contribution in [-0.2, 0) is 4.74 Å². The van der Waals surface area contributed by atoms with E-state index in [2.05, 4.69) is 15.5 Å².